The number of aliphatic hydroxyl groups excluding tert-OH is 1. The molecule has 1 aromatic carbocycles. The van der Waals surface area contributed by atoms with Crippen LogP contribution in [0.4, 0.5) is 9.18 Å². The first-order chi connectivity index (χ1) is 10.4. The van der Waals surface area contributed by atoms with Crippen LogP contribution in [0.25, 0.3) is 0 Å². The maximum absolute atomic E-state index is 14.1. The molecule has 2 atom stereocenters. The Morgan fingerprint density at radius 1 is 1.55 bits per heavy atom. The molecule has 0 aromatic heterocycles. The Morgan fingerprint density at radius 2 is 2.27 bits per heavy atom. The molecule has 2 N–H and O–H groups in total. The lowest BCUT2D eigenvalue weighted by Gasteiger charge is -2.26. The summed E-state index contributed by atoms with van der Waals surface area (Å²) in [5.41, 5.74) is 0.436. The second-order valence-corrected chi connectivity index (χ2v) is 6.56. The highest BCUT2D eigenvalue weighted by molar-refractivity contribution is 6.30. The number of nitrogens with one attached hydrogen (secondary N) is 1. The molecule has 22 heavy (non-hydrogen) atoms. The van der Waals surface area contributed by atoms with Crippen molar-refractivity contribution in [3.63, 3.8) is 0 Å². The van der Waals surface area contributed by atoms with Crippen LogP contribution < -0.4 is 5.32 Å². The average molecular weight is 329 g/mol. The molecule has 4 nitrogen and oxygen atoms in total. The summed E-state index contributed by atoms with van der Waals surface area (Å²) in [5.74, 6) is -0.243. The van der Waals surface area contributed by atoms with E-state index in [0.717, 1.165) is 6.42 Å². The Labute approximate surface area is 135 Å². The summed E-state index contributed by atoms with van der Waals surface area (Å²) >= 11 is 5.78. The summed E-state index contributed by atoms with van der Waals surface area (Å²) in [6.45, 7) is 5.10. The number of urea groups is 1. The van der Waals surface area contributed by atoms with E-state index in [1.807, 2.05) is 13.8 Å². The van der Waals surface area contributed by atoms with Crippen molar-refractivity contribution in [1.29, 1.82) is 0 Å². The number of halogens is 2. The van der Waals surface area contributed by atoms with Crippen LogP contribution in [0.15, 0.2) is 18.2 Å². The zero-order chi connectivity index (χ0) is 16.3. The van der Waals surface area contributed by atoms with Crippen LogP contribution in [0, 0.1) is 17.7 Å². The Morgan fingerprint density at radius 3 is 2.82 bits per heavy atom. The van der Waals surface area contributed by atoms with Crippen molar-refractivity contribution < 1.29 is 14.3 Å². The van der Waals surface area contributed by atoms with Crippen molar-refractivity contribution in [2.24, 2.45) is 11.8 Å². The first-order valence-corrected chi connectivity index (χ1v) is 7.91. The summed E-state index contributed by atoms with van der Waals surface area (Å²) in [5, 5.41) is 12.4. The topological polar surface area (TPSA) is 52.6 Å². The number of aliphatic hydroxyl groups is 1. The molecule has 6 heteroatoms. The monoisotopic (exact) mass is 328 g/mol. The highest BCUT2D eigenvalue weighted by atomic mass is 35.5. The van der Waals surface area contributed by atoms with Crippen LogP contribution in [0.2, 0.25) is 5.02 Å². The van der Waals surface area contributed by atoms with Crippen molar-refractivity contribution in [2.45, 2.75) is 26.3 Å². The number of hydrogen-bond donors (Lipinski definition) is 2. The van der Waals surface area contributed by atoms with Crippen LogP contribution >= 0.6 is 11.6 Å². The highest BCUT2D eigenvalue weighted by Crippen LogP contribution is 2.27. The van der Waals surface area contributed by atoms with E-state index < -0.39 is 11.9 Å². The molecule has 1 fully saturated rings. The van der Waals surface area contributed by atoms with Gasteiger partial charge in [0, 0.05) is 36.2 Å². The number of amides is 2. The van der Waals surface area contributed by atoms with E-state index in [0.29, 0.717) is 23.7 Å². The van der Waals surface area contributed by atoms with Crippen molar-refractivity contribution in [1.82, 2.24) is 10.2 Å². The van der Waals surface area contributed by atoms with Gasteiger partial charge in [-0.1, -0.05) is 31.5 Å². The van der Waals surface area contributed by atoms with E-state index in [-0.39, 0.29) is 24.5 Å². The zero-order valence-electron chi connectivity index (χ0n) is 12.9. The fourth-order valence-corrected chi connectivity index (χ4v) is 2.91. The number of carbonyl (C=O) groups is 1. The largest absolute Gasteiger partial charge is 0.396 e. The first-order valence-electron chi connectivity index (χ1n) is 7.53. The normalized spacial score (nSPS) is 19.5. The predicted molar refractivity (Wildman–Crippen MR) is 84.3 cm³/mol. The van der Waals surface area contributed by atoms with Gasteiger partial charge in [0.25, 0.3) is 0 Å². The van der Waals surface area contributed by atoms with Crippen molar-refractivity contribution in [2.75, 3.05) is 19.7 Å². The molecular weight excluding hydrogens is 307 g/mol. The van der Waals surface area contributed by atoms with E-state index in [1.165, 1.54) is 6.07 Å². The maximum atomic E-state index is 14.1. The summed E-state index contributed by atoms with van der Waals surface area (Å²) in [6, 6.07) is 3.86. The van der Waals surface area contributed by atoms with Crippen molar-refractivity contribution in [3.05, 3.63) is 34.6 Å². The number of hydrogen-bond acceptors (Lipinski definition) is 2. The van der Waals surface area contributed by atoms with Crippen LogP contribution in [0.5, 0.6) is 0 Å². The van der Waals surface area contributed by atoms with Gasteiger partial charge in [-0.15, -0.1) is 0 Å². The third-order valence-corrected chi connectivity index (χ3v) is 4.31. The fraction of sp³-hybridized carbons (Fsp3) is 0.562. The van der Waals surface area contributed by atoms with Gasteiger partial charge in [-0.3, -0.25) is 0 Å². The lowest BCUT2D eigenvalue weighted by atomic mass is 9.95. The lowest BCUT2D eigenvalue weighted by molar-refractivity contribution is 0.191. The van der Waals surface area contributed by atoms with Crippen molar-refractivity contribution >= 4 is 17.6 Å². The molecule has 1 aromatic rings. The summed E-state index contributed by atoms with van der Waals surface area (Å²) < 4.78 is 14.1. The van der Waals surface area contributed by atoms with Gasteiger partial charge < -0.3 is 15.3 Å². The lowest BCUT2D eigenvalue weighted by Crippen LogP contribution is -2.42. The summed E-state index contributed by atoms with van der Waals surface area (Å²) in [4.78, 5) is 14.0. The third-order valence-electron chi connectivity index (χ3n) is 4.07. The molecule has 122 valence electrons. The molecule has 0 bridgehead atoms. The van der Waals surface area contributed by atoms with E-state index in [1.54, 1.807) is 17.0 Å². The minimum Gasteiger partial charge on any atom is -0.396 e. The quantitative estimate of drug-likeness (QED) is 0.891. The zero-order valence-corrected chi connectivity index (χ0v) is 13.6. The van der Waals surface area contributed by atoms with E-state index in [2.05, 4.69) is 5.32 Å². The fourth-order valence-electron chi connectivity index (χ4n) is 2.75. The Bertz CT molecular complexity index is 539. The van der Waals surface area contributed by atoms with Crippen LogP contribution in [-0.4, -0.2) is 35.7 Å². The molecule has 0 unspecified atom stereocenters. The van der Waals surface area contributed by atoms with E-state index in [9.17, 15) is 9.18 Å². The van der Waals surface area contributed by atoms with Crippen LogP contribution in [0.1, 0.15) is 31.9 Å². The molecule has 1 heterocycles. The van der Waals surface area contributed by atoms with Gasteiger partial charge >= 0.3 is 6.03 Å². The number of rotatable bonds is 4. The Balaban J connectivity index is 2.10. The number of benzene rings is 1. The molecular formula is C16H22ClFN2O2. The molecule has 1 saturated heterocycles. The molecule has 0 saturated carbocycles. The number of nitrogens with zero attached hydrogens (tertiary/aromatic N) is 1. The molecule has 1 aliphatic heterocycles. The number of likely N-dealkylation sites (tertiary alicyclic amines) is 1. The standard InChI is InChI=1S/C16H22ClFN2O2/c1-10(2)15(13-4-3-12(17)7-14(13)18)19-16(22)20-6-5-11(8-20)9-21/h3-4,7,10-11,15,21H,5-6,8-9H2,1-2H3,(H,19,22)/t11-,15-/m1/s1. The molecule has 2 rings (SSSR count). The van der Waals surface area contributed by atoms with Gasteiger partial charge in [0.2, 0.25) is 0 Å². The van der Waals surface area contributed by atoms with Gasteiger partial charge in [-0.2, -0.15) is 0 Å². The predicted octanol–water partition coefficient (Wildman–Crippen LogP) is 3.20. The van der Waals surface area contributed by atoms with E-state index >= 15 is 0 Å². The van der Waals surface area contributed by atoms with Gasteiger partial charge in [0.15, 0.2) is 0 Å². The maximum Gasteiger partial charge on any atom is 0.317 e. The first kappa shape index (κ1) is 17.0. The second-order valence-electron chi connectivity index (χ2n) is 6.12. The van der Waals surface area contributed by atoms with Gasteiger partial charge in [0.05, 0.1) is 6.04 Å². The van der Waals surface area contributed by atoms with Gasteiger partial charge in [-0.25, -0.2) is 9.18 Å². The molecule has 1 aliphatic rings. The second kappa shape index (κ2) is 7.29. The van der Waals surface area contributed by atoms with Gasteiger partial charge in [-0.05, 0) is 24.5 Å². The summed E-state index contributed by atoms with van der Waals surface area (Å²) in [7, 11) is 0. The molecule has 2 amide bonds. The summed E-state index contributed by atoms with van der Waals surface area (Å²) in [6.07, 6.45) is 0.797. The number of carbonyl (C=O) groups excluding carboxylic acids is 1. The average Bonchev–Trinajstić information content (AvgIpc) is 2.94. The minimum atomic E-state index is -0.419. The highest BCUT2D eigenvalue weighted by Gasteiger charge is 2.29. The third kappa shape index (κ3) is 3.90. The molecule has 0 aliphatic carbocycles. The minimum absolute atomic E-state index is 0.0378. The Hall–Kier alpha value is -1.33. The molecule has 0 spiro atoms. The van der Waals surface area contributed by atoms with Gasteiger partial charge in [0.1, 0.15) is 5.82 Å². The SMILES string of the molecule is CC(C)[C@@H](NC(=O)N1CC[C@@H](CO)C1)c1ccc(Cl)cc1F. The smallest absolute Gasteiger partial charge is 0.317 e. The van der Waals surface area contributed by atoms with Crippen LogP contribution in [-0.2, 0) is 0 Å². The van der Waals surface area contributed by atoms with Crippen molar-refractivity contribution in [3.8, 4) is 0 Å². The van der Waals surface area contributed by atoms with E-state index in [4.69, 9.17) is 16.7 Å². The van der Waals surface area contributed by atoms with Crippen LogP contribution in [0.3, 0.4) is 0 Å². The Kier molecular flexibility index (Phi) is 5.64. The molecule has 0 radical (unpaired) electrons.